The molecule has 1 aromatic heterocycles. The molecule has 17 heavy (non-hydrogen) atoms. The van der Waals surface area contributed by atoms with Gasteiger partial charge in [0.15, 0.2) is 0 Å². The van der Waals surface area contributed by atoms with E-state index in [1.807, 2.05) is 0 Å². The number of hydrogen-bond donors (Lipinski definition) is 0. The van der Waals surface area contributed by atoms with Crippen LogP contribution in [0.2, 0.25) is 0 Å². The lowest BCUT2D eigenvalue weighted by Gasteiger charge is -2.34. The number of aromatic nitrogens is 2. The zero-order chi connectivity index (χ0) is 12.3. The molecule has 2 rings (SSSR count). The molecule has 1 aliphatic rings. The molecule has 0 amide bonds. The van der Waals surface area contributed by atoms with Crippen molar-refractivity contribution in [1.29, 1.82) is 0 Å². The minimum atomic E-state index is 0.309. The Balaban J connectivity index is 2.09. The molecule has 0 aromatic carbocycles. The van der Waals surface area contributed by atoms with Gasteiger partial charge in [0.1, 0.15) is 12.1 Å². The van der Waals surface area contributed by atoms with Gasteiger partial charge in [0.25, 0.3) is 0 Å². The van der Waals surface area contributed by atoms with Gasteiger partial charge < -0.3 is 4.90 Å². The van der Waals surface area contributed by atoms with Gasteiger partial charge in [-0.05, 0) is 18.8 Å². The number of anilines is 1. The van der Waals surface area contributed by atoms with Gasteiger partial charge in [-0.25, -0.2) is 9.97 Å². The normalized spacial score (nSPS) is 25.0. The first kappa shape index (κ1) is 12.6. The van der Waals surface area contributed by atoms with E-state index in [0.29, 0.717) is 11.3 Å². The zero-order valence-electron chi connectivity index (χ0n) is 10.6. The summed E-state index contributed by atoms with van der Waals surface area (Å²) in [5.41, 5.74) is 1.14. The molecule has 2 heterocycles. The first-order valence-corrected chi connectivity index (χ1v) is 6.84. The van der Waals surface area contributed by atoms with Crippen LogP contribution in [0.1, 0.15) is 32.4 Å². The summed E-state index contributed by atoms with van der Waals surface area (Å²) in [6, 6.07) is 2.12. The Bertz CT molecular complexity index is 369. The first-order valence-electron chi connectivity index (χ1n) is 6.40. The Morgan fingerprint density at radius 2 is 2.29 bits per heavy atom. The summed E-state index contributed by atoms with van der Waals surface area (Å²) in [4.78, 5) is 11.0. The van der Waals surface area contributed by atoms with Crippen molar-refractivity contribution in [3.63, 3.8) is 0 Å². The maximum atomic E-state index is 6.24. The summed E-state index contributed by atoms with van der Waals surface area (Å²) < 4.78 is 0. The Labute approximate surface area is 108 Å². The average molecular weight is 254 g/mol. The summed E-state index contributed by atoms with van der Waals surface area (Å²) in [5, 5.41) is 0.309. The fourth-order valence-electron chi connectivity index (χ4n) is 2.28. The molecule has 1 aromatic rings. The highest BCUT2D eigenvalue weighted by atomic mass is 35.5. The minimum absolute atomic E-state index is 0.309. The maximum absolute atomic E-state index is 6.24. The van der Waals surface area contributed by atoms with Crippen molar-refractivity contribution in [2.45, 2.75) is 38.5 Å². The van der Waals surface area contributed by atoms with Gasteiger partial charge in [0.2, 0.25) is 0 Å². The number of hydrogen-bond acceptors (Lipinski definition) is 3. The lowest BCUT2D eigenvalue weighted by Crippen LogP contribution is -2.40. The van der Waals surface area contributed by atoms with Gasteiger partial charge in [-0.1, -0.05) is 20.3 Å². The third kappa shape index (κ3) is 3.09. The smallest absolute Gasteiger partial charge is 0.132 e. The van der Waals surface area contributed by atoms with Gasteiger partial charge in [-0.3, -0.25) is 0 Å². The predicted molar refractivity (Wildman–Crippen MR) is 71.7 cm³/mol. The van der Waals surface area contributed by atoms with Crippen LogP contribution in [0.15, 0.2) is 12.4 Å². The van der Waals surface area contributed by atoms with Gasteiger partial charge in [-0.15, -0.1) is 11.6 Å². The third-order valence-corrected chi connectivity index (χ3v) is 3.99. The molecule has 0 saturated carbocycles. The Hall–Kier alpha value is -0.830. The van der Waals surface area contributed by atoms with Crippen molar-refractivity contribution in [3.8, 4) is 0 Å². The molecule has 2 unspecified atom stereocenters. The molecule has 1 aliphatic heterocycles. The molecule has 0 aliphatic carbocycles. The summed E-state index contributed by atoms with van der Waals surface area (Å²) in [7, 11) is 0. The standard InChI is InChI=1S/C13H20ClN3/c1-3-4-11-7-13(16-9-15-11)17-6-5-12(14)10(2)8-17/h7,9-10,12H,3-6,8H2,1-2H3. The monoisotopic (exact) mass is 253 g/mol. The second-order valence-electron chi connectivity index (χ2n) is 4.85. The largest absolute Gasteiger partial charge is 0.356 e. The summed E-state index contributed by atoms with van der Waals surface area (Å²) in [5.74, 6) is 1.58. The second-order valence-corrected chi connectivity index (χ2v) is 5.41. The Kier molecular flexibility index (Phi) is 4.21. The van der Waals surface area contributed by atoms with Crippen LogP contribution in [-0.4, -0.2) is 28.4 Å². The molecule has 4 heteroatoms. The van der Waals surface area contributed by atoms with Crippen molar-refractivity contribution in [2.24, 2.45) is 5.92 Å². The van der Waals surface area contributed by atoms with E-state index in [1.54, 1.807) is 6.33 Å². The molecule has 94 valence electrons. The van der Waals surface area contributed by atoms with Gasteiger partial charge in [0.05, 0.1) is 0 Å². The number of alkyl halides is 1. The van der Waals surface area contributed by atoms with Crippen molar-refractivity contribution in [2.75, 3.05) is 18.0 Å². The van der Waals surface area contributed by atoms with Crippen LogP contribution in [-0.2, 0) is 6.42 Å². The fraction of sp³-hybridized carbons (Fsp3) is 0.692. The van der Waals surface area contributed by atoms with Gasteiger partial charge in [-0.2, -0.15) is 0 Å². The highest BCUT2D eigenvalue weighted by Gasteiger charge is 2.25. The average Bonchev–Trinajstić information content (AvgIpc) is 2.33. The Morgan fingerprint density at radius 3 is 3.00 bits per heavy atom. The summed E-state index contributed by atoms with van der Waals surface area (Å²) in [6.45, 7) is 6.37. The van der Waals surface area contributed by atoms with Crippen LogP contribution in [0, 0.1) is 5.92 Å². The third-order valence-electron chi connectivity index (χ3n) is 3.34. The number of nitrogens with zero attached hydrogens (tertiary/aromatic N) is 3. The molecular formula is C13H20ClN3. The van der Waals surface area contributed by atoms with Gasteiger partial charge in [0, 0.05) is 30.2 Å². The van der Waals surface area contributed by atoms with E-state index < -0.39 is 0 Å². The van der Waals surface area contributed by atoms with Crippen LogP contribution in [0.3, 0.4) is 0 Å². The van der Waals surface area contributed by atoms with Crippen LogP contribution in [0.4, 0.5) is 5.82 Å². The molecule has 0 radical (unpaired) electrons. The lowest BCUT2D eigenvalue weighted by atomic mass is 9.99. The quantitative estimate of drug-likeness (QED) is 0.776. The van der Waals surface area contributed by atoms with Gasteiger partial charge >= 0.3 is 0 Å². The molecule has 1 saturated heterocycles. The van der Waals surface area contributed by atoms with Crippen molar-refractivity contribution in [1.82, 2.24) is 9.97 Å². The molecular weight excluding hydrogens is 234 g/mol. The fourth-order valence-corrected chi connectivity index (χ4v) is 2.45. The second kappa shape index (κ2) is 5.67. The summed E-state index contributed by atoms with van der Waals surface area (Å²) in [6.07, 6.45) is 4.86. The van der Waals surface area contributed by atoms with E-state index in [9.17, 15) is 0 Å². The van der Waals surface area contributed by atoms with Crippen LogP contribution in [0.25, 0.3) is 0 Å². The minimum Gasteiger partial charge on any atom is -0.356 e. The van der Waals surface area contributed by atoms with Crippen LogP contribution >= 0.6 is 11.6 Å². The highest BCUT2D eigenvalue weighted by molar-refractivity contribution is 6.20. The zero-order valence-corrected chi connectivity index (χ0v) is 11.3. The molecule has 3 nitrogen and oxygen atoms in total. The highest BCUT2D eigenvalue weighted by Crippen LogP contribution is 2.25. The van der Waals surface area contributed by atoms with E-state index >= 15 is 0 Å². The Morgan fingerprint density at radius 1 is 1.47 bits per heavy atom. The van der Waals surface area contributed by atoms with E-state index in [4.69, 9.17) is 11.6 Å². The molecule has 2 atom stereocenters. The SMILES string of the molecule is CCCc1cc(N2CCC(Cl)C(C)C2)ncn1. The van der Waals surface area contributed by atoms with E-state index in [-0.39, 0.29) is 0 Å². The van der Waals surface area contributed by atoms with Crippen molar-refractivity contribution >= 4 is 17.4 Å². The van der Waals surface area contributed by atoms with E-state index in [2.05, 4.69) is 34.8 Å². The molecule has 1 fully saturated rings. The molecule has 0 N–H and O–H groups in total. The van der Waals surface area contributed by atoms with Crippen LogP contribution < -0.4 is 4.90 Å². The van der Waals surface area contributed by atoms with Crippen LogP contribution in [0.5, 0.6) is 0 Å². The topological polar surface area (TPSA) is 29.0 Å². The van der Waals surface area contributed by atoms with E-state index in [1.165, 1.54) is 0 Å². The maximum Gasteiger partial charge on any atom is 0.132 e. The number of piperidine rings is 1. The number of aryl methyl sites for hydroxylation is 1. The van der Waals surface area contributed by atoms with Crippen molar-refractivity contribution < 1.29 is 0 Å². The van der Waals surface area contributed by atoms with E-state index in [0.717, 1.165) is 43.9 Å². The first-order chi connectivity index (χ1) is 8.20. The van der Waals surface area contributed by atoms with Crippen molar-refractivity contribution in [3.05, 3.63) is 18.1 Å². The molecule has 0 spiro atoms. The molecule has 0 bridgehead atoms. The number of rotatable bonds is 3. The number of halogens is 1. The summed E-state index contributed by atoms with van der Waals surface area (Å²) >= 11 is 6.24. The predicted octanol–water partition coefficient (Wildman–Crippen LogP) is 2.88. The lowest BCUT2D eigenvalue weighted by molar-refractivity contribution is 0.452.